The van der Waals surface area contributed by atoms with E-state index >= 15 is 0 Å². The maximum atomic E-state index is 6.01. The first-order valence-electron chi connectivity index (χ1n) is 8.91. The topological polar surface area (TPSA) is 84.6 Å². The fourth-order valence-electron chi connectivity index (χ4n) is 2.47. The average molecular weight is 528 g/mol. The fourth-order valence-corrected chi connectivity index (χ4v) is 2.66. The minimum atomic E-state index is 0. The van der Waals surface area contributed by atoms with Crippen LogP contribution in [0.15, 0.2) is 58.0 Å². The standard InChI is InChI=1S/C20H22ClN5O2.HI/c1-3-22-20(23-12-14-7-9-17(27-2)10-8-14)24-13-18-25-19(26-28-18)15-5-4-6-16(21)11-15;/h4-11H,3,12-13H2,1-2H3,(H2,22,23,24);1H. The number of hydrogen-bond donors (Lipinski definition) is 2. The average Bonchev–Trinajstić information content (AvgIpc) is 3.19. The van der Waals surface area contributed by atoms with E-state index in [0.29, 0.717) is 35.8 Å². The van der Waals surface area contributed by atoms with Crippen LogP contribution >= 0.6 is 35.6 Å². The molecule has 2 N–H and O–H groups in total. The number of nitrogens with zero attached hydrogens (tertiary/aromatic N) is 3. The highest BCUT2D eigenvalue weighted by Gasteiger charge is 2.09. The summed E-state index contributed by atoms with van der Waals surface area (Å²) in [5.41, 5.74) is 1.89. The fraction of sp³-hybridized carbons (Fsp3) is 0.250. The van der Waals surface area contributed by atoms with Crippen LogP contribution in [0.2, 0.25) is 5.02 Å². The van der Waals surface area contributed by atoms with Crippen LogP contribution in [0.4, 0.5) is 0 Å². The molecule has 2 aromatic carbocycles. The van der Waals surface area contributed by atoms with Crippen LogP contribution in [-0.4, -0.2) is 29.8 Å². The van der Waals surface area contributed by atoms with Crippen molar-refractivity contribution < 1.29 is 9.26 Å². The van der Waals surface area contributed by atoms with Crippen molar-refractivity contribution in [3.8, 4) is 17.1 Å². The van der Waals surface area contributed by atoms with Gasteiger partial charge in [-0.25, -0.2) is 4.99 Å². The lowest BCUT2D eigenvalue weighted by Crippen LogP contribution is -2.36. The molecule has 7 nitrogen and oxygen atoms in total. The molecule has 0 bridgehead atoms. The van der Waals surface area contributed by atoms with Gasteiger partial charge in [0.1, 0.15) is 5.75 Å². The summed E-state index contributed by atoms with van der Waals surface area (Å²) < 4.78 is 10.5. The number of nitrogens with one attached hydrogen (secondary N) is 2. The van der Waals surface area contributed by atoms with E-state index in [1.807, 2.05) is 43.3 Å². The van der Waals surface area contributed by atoms with Crippen molar-refractivity contribution in [1.82, 2.24) is 20.8 Å². The summed E-state index contributed by atoms with van der Waals surface area (Å²) in [7, 11) is 1.65. The first-order valence-corrected chi connectivity index (χ1v) is 9.29. The number of rotatable bonds is 7. The lowest BCUT2D eigenvalue weighted by molar-refractivity contribution is 0.375. The molecule has 0 aliphatic heterocycles. The van der Waals surface area contributed by atoms with E-state index in [1.165, 1.54) is 0 Å². The highest BCUT2D eigenvalue weighted by molar-refractivity contribution is 14.0. The molecule has 0 atom stereocenters. The molecule has 0 radical (unpaired) electrons. The van der Waals surface area contributed by atoms with E-state index < -0.39 is 0 Å². The molecule has 1 heterocycles. The molecule has 154 valence electrons. The monoisotopic (exact) mass is 527 g/mol. The Morgan fingerprint density at radius 1 is 1.17 bits per heavy atom. The Morgan fingerprint density at radius 3 is 2.66 bits per heavy atom. The van der Waals surface area contributed by atoms with E-state index in [1.54, 1.807) is 19.2 Å². The molecule has 0 amide bonds. The molecule has 0 aliphatic carbocycles. The second kappa shape index (κ2) is 11.6. The number of methoxy groups -OCH3 is 1. The number of ether oxygens (including phenoxy) is 1. The molecule has 3 aromatic rings. The van der Waals surface area contributed by atoms with Gasteiger partial charge in [0.15, 0.2) is 5.96 Å². The summed E-state index contributed by atoms with van der Waals surface area (Å²) in [6.07, 6.45) is 0. The maximum absolute atomic E-state index is 6.01. The highest BCUT2D eigenvalue weighted by atomic mass is 127. The number of aliphatic imine (C=N–C) groups is 1. The van der Waals surface area contributed by atoms with Gasteiger partial charge in [0.2, 0.25) is 11.7 Å². The molecule has 0 unspecified atom stereocenters. The highest BCUT2D eigenvalue weighted by Crippen LogP contribution is 2.19. The van der Waals surface area contributed by atoms with Gasteiger partial charge in [-0.05, 0) is 36.8 Å². The quantitative estimate of drug-likeness (QED) is 0.271. The molecule has 0 saturated heterocycles. The summed E-state index contributed by atoms with van der Waals surface area (Å²) in [5.74, 6) is 2.45. The smallest absolute Gasteiger partial charge is 0.246 e. The molecular weight excluding hydrogens is 505 g/mol. The van der Waals surface area contributed by atoms with Crippen molar-refractivity contribution in [2.45, 2.75) is 20.0 Å². The Balaban J connectivity index is 0.00000300. The zero-order valence-electron chi connectivity index (χ0n) is 16.2. The Hall–Kier alpha value is -2.33. The predicted molar refractivity (Wildman–Crippen MR) is 125 cm³/mol. The van der Waals surface area contributed by atoms with Crippen molar-refractivity contribution in [1.29, 1.82) is 0 Å². The number of guanidine groups is 1. The van der Waals surface area contributed by atoms with Crippen LogP contribution in [0, 0.1) is 0 Å². The zero-order valence-corrected chi connectivity index (χ0v) is 19.3. The summed E-state index contributed by atoms with van der Waals surface area (Å²) in [6.45, 7) is 3.65. The molecule has 0 saturated carbocycles. The third-order valence-corrected chi connectivity index (χ3v) is 4.12. The molecule has 0 spiro atoms. The van der Waals surface area contributed by atoms with Gasteiger partial charge in [0.05, 0.1) is 20.2 Å². The number of benzene rings is 2. The summed E-state index contributed by atoms with van der Waals surface area (Å²) >= 11 is 6.01. The van der Waals surface area contributed by atoms with Crippen molar-refractivity contribution in [3.63, 3.8) is 0 Å². The van der Waals surface area contributed by atoms with E-state index in [-0.39, 0.29) is 24.0 Å². The van der Waals surface area contributed by atoms with Gasteiger partial charge >= 0.3 is 0 Å². The zero-order chi connectivity index (χ0) is 19.8. The van der Waals surface area contributed by atoms with Gasteiger partial charge in [-0.3, -0.25) is 0 Å². The Morgan fingerprint density at radius 2 is 1.97 bits per heavy atom. The minimum Gasteiger partial charge on any atom is -0.497 e. The number of halogens is 2. The van der Waals surface area contributed by atoms with Crippen LogP contribution in [0.5, 0.6) is 5.75 Å². The van der Waals surface area contributed by atoms with Gasteiger partial charge in [0, 0.05) is 17.1 Å². The van der Waals surface area contributed by atoms with Crippen molar-refractivity contribution in [3.05, 3.63) is 65.0 Å². The minimum absolute atomic E-state index is 0. The van der Waals surface area contributed by atoms with Crippen molar-refractivity contribution >= 4 is 41.5 Å². The molecule has 3 rings (SSSR count). The SMILES string of the molecule is CCNC(=NCc1ccc(OC)cc1)NCc1nc(-c2cccc(Cl)c2)no1.I. The summed E-state index contributed by atoms with van der Waals surface area (Å²) in [5, 5.41) is 11.0. The van der Waals surface area contributed by atoms with Crippen molar-refractivity contribution in [2.75, 3.05) is 13.7 Å². The molecule has 1 aromatic heterocycles. The van der Waals surface area contributed by atoms with Crippen LogP contribution < -0.4 is 15.4 Å². The molecular formula is C20H23ClIN5O2. The van der Waals surface area contributed by atoms with Gasteiger partial charge < -0.3 is 19.9 Å². The van der Waals surface area contributed by atoms with Crippen LogP contribution in [0.25, 0.3) is 11.4 Å². The first kappa shape index (κ1) is 23.0. The maximum Gasteiger partial charge on any atom is 0.246 e. The summed E-state index contributed by atoms with van der Waals surface area (Å²) in [6, 6.07) is 15.1. The Bertz CT molecular complexity index is 931. The van der Waals surface area contributed by atoms with Crippen molar-refractivity contribution in [2.24, 2.45) is 4.99 Å². The molecule has 0 fully saturated rings. The van der Waals surface area contributed by atoms with E-state index in [2.05, 4.69) is 25.8 Å². The molecule has 9 heteroatoms. The van der Waals surface area contributed by atoms with Gasteiger partial charge in [-0.15, -0.1) is 24.0 Å². The van der Waals surface area contributed by atoms with Crippen LogP contribution in [0.3, 0.4) is 0 Å². The number of aromatic nitrogens is 2. The second-order valence-electron chi connectivity index (χ2n) is 5.92. The Kier molecular flexibility index (Phi) is 9.20. The van der Waals surface area contributed by atoms with Crippen LogP contribution in [-0.2, 0) is 13.1 Å². The van der Waals surface area contributed by atoms with E-state index in [4.69, 9.17) is 20.9 Å². The van der Waals surface area contributed by atoms with Gasteiger partial charge in [-0.2, -0.15) is 4.98 Å². The third-order valence-electron chi connectivity index (χ3n) is 3.88. The first-order chi connectivity index (χ1) is 13.7. The Labute approximate surface area is 191 Å². The largest absolute Gasteiger partial charge is 0.497 e. The predicted octanol–water partition coefficient (Wildman–Crippen LogP) is 4.27. The van der Waals surface area contributed by atoms with E-state index in [0.717, 1.165) is 23.4 Å². The lowest BCUT2D eigenvalue weighted by Gasteiger charge is -2.09. The number of hydrogen-bond acceptors (Lipinski definition) is 5. The normalized spacial score (nSPS) is 10.9. The molecule has 0 aliphatic rings. The second-order valence-corrected chi connectivity index (χ2v) is 6.36. The van der Waals surface area contributed by atoms with Crippen LogP contribution in [0.1, 0.15) is 18.4 Å². The lowest BCUT2D eigenvalue weighted by atomic mass is 10.2. The third kappa shape index (κ3) is 6.90. The van der Waals surface area contributed by atoms with Gasteiger partial charge in [-0.1, -0.05) is 41.0 Å². The summed E-state index contributed by atoms with van der Waals surface area (Å²) in [4.78, 5) is 8.97. The molecule has 29 heavy (non-hydrogen) atoms. The van der Waals surface area contributed by atoms with E-state index in [9.17, 15) is 0 Å². The van der Waals surface area contributed by atoms with Gasteiger partial charge in [0.25, 0.3) is 0 Å².